The Bertz CT molecular complexity index is 1990. The molecule has 4 aromatic carbocycles. The minimum Gasteiger partial charge on any atom is -0.506 e. The van der Waals surface area contributed by atoms with Crippen molar-refractivity contribution >= 4 is 16.8 Å². The first-order valence-corrected chi connectivity index (χ1v) is 15.9. The quantitative estimate of drug-likeness (QED) is 0.212. The smallest absolute Gasteiger partial charge is 0.219 e. The summed E-state index contributed by atoms with van der Waals surface area (Å²) in [6.45, 7) is 15.3. The number of fused-ring (bicyclic) bond motifs is 4. The summed E-state index contributed by atoms with van der Waals surface area (Å²) in [4.78, 5) is 10.2. The van der Waals surface area contributed by atoms with Gasteiger partial charge in [0.25, 0.3) is 0 Å². The maximum Gasteiger partial charge on any atom is 0.219 e. The number of nitrogens with zero attached hydrogens (tertiary/aromatic N) is 2. The minimum atomic E-state index is -0.502. The highest BCUT2D eigenvalue weighted by Gasteiger charge is 2.66. The maximum atomic E-state index is 10.6. The highest BCUT2D eigenvalue weighted by atomic mass is 16.5. The van der Waals surface area contributed by atoms with Gasteiger partial charge in [-0.1, -0.05) is 70.2 Å². The van der Waals surface area contributed by atoms with E-state index in [0.29, 0.717) is 23.0 Å². The Morgan fingerprint density at radius 2 is 1.53 bits per heavy atom. The van der Waals surface area contributed by atoms with Crippen LogP contribution in [0.5, 0.6) is 17.4 Å². The molecule has 45 heavy (non-hydrogen) atoms. The Kier molecular flexibility index (Phi) is 6.77. The molecule has 0 amide bonds. The molecule has 1 N–H and O–H groups in total. The van der Waals surface area contributed by atoms with Crippen LogP contribution in [0.4, 0.5) is 0 Å². The van der Waals surface area contributed by atoms with Crippen LogP contribution in [0, 0.1) is 32.6 Å². The number of aromatic nitrogens is 1. The highest BCUT2D eigenvalue weighted by Crippen LogP contribution is 2.60. The second-order valence-corrected chi connectivity index (χ2v) is 13.4. The first-order chi connectivity index (χ1) is 21.5. The minimum absolute atomic E-state index is 0.138. The second kappa shape index (κ2) is 10.5. The van der Waals surface area contributed by atoms with Gasteiger partial charge in [0, 0.05) is 23.4 Å². The van der Waals surface area contributed by atoms with Gasteiger partial charge in [-0.05, 0) is 108 Å². The Hall–Kier alpha value is -4.64. The predicted octanol–water partition coefficient (Wildman–Crippen LogP) is 9.60. The molecule has 1 aromatic heterocycles. The fourth-order valence-corrected chi connectivity index (χ4v) is 7.85. The third-order valence-electron chi connectivity index (χ3n) is 9.89. The topological polar surface area (TPSA) is 63.9 Å². The number of hydrogen-bond acceptors (Lipinski definition) is 5. The summed E-state index contributed by atoms with van der Waals surface area (Å²) >= 11 is 0. The number of aryl methyl sites for hydroxylation is 3. The maximum absolute atomic E-state index is 10.6. The highest BCUT2D eigenvalue weighted by molar-refractivity contribution is 5.98. The molecule has 5 aromatic rings. The Balaban J connectivity index is 1.40. The van der Waals surface area contributed by atoms with Crippen molar-refractivity contribution in [3.63, 3.8) is 0 Å². The molecule has 0 radical (unpaired) electrons. The molecular weight excluding hydrogens is 556 g/mol. The molecule has 0 spiro atoms. The molecule has 1 aliphatic carbocycles. The van der Waals surface area contributed by atoms with Gasteiger partial charge < -0.3 is 14.6 Å². The lowest BCUT2D eigenvalue weighted by Crippen LogP contribution is -2.53. The van der Waals surface area contributed by atoms with Crippen molar-refractivity contribution in [1.82, 2.24) is 4.98 Å². The summed E-state index contributed by atoms with van der Waals surface area (Å²) < 4.78 is 13.6. The van der Waals surface area contributed by atoms with E-state index in [0.717, 1.165) is 34.1 Å². The van der Waals surface area contributed by atoms with Gasteiger partial charge in [-0.2, -0.15) is 0 Å². The number of hydrogen-bond donors (Lipinski definition) is 1. The zero-order valence-electron chi connectivity index (χ0n) is 27.1. The number of phenolic OH excluding ortho intramolecular Hbond substituents is 1. The van der Waals surface area contributed by atoms with E-state index >= 15 is 0 Å². The SMILES string of the molecule is Cc1cc(O)c2nc(Oc3cc(C4=N[C@@]5(C(C)C)c6ccccc6C[C@@]5(C(C)C)O4)cc(-c4c(C)cccc4C)c3)ccc2c1. The van der Waals surface area contributed by atoms with E-state index in [1.165, 1.54) is 22.3 Å². The van der Waals surface area contributed by atoms with E-state index < -0.39 is 11.1 Å². The van der Waals surface area contributed by atoms with Gasteiger partial charge >= 0.3 is 0 Å². The van der Waals surface area contributed by atoms with Crippen LogP contribution in [-0.2, 0) is 16.7 Å². The van der Waals surface area contributed by atoms with Crippen molar-refractivity contribution in [3.8, 4) is 28.5 Å². The summed E-state index contributed by atoms with van der Waals surface area (Å²) in [5, 5.41) is 11.5. The van der Waals surface area contributed by atoms with E-state index in [1.54, 1.807) is 6.07 Å². The number of pyridine rings is 1. The lowest BCUT2D eigenvalue weighted by atomic mass is 9.68. The van der Waals surface area contributed by atoms with E-state index in [4.69, 9.17) is 14.5 Å². The van der Waals surface area contributed by atoms with Crippen LogP contribution in [0.3, 0.4) is 0 Å². The van der Waals surface area contributed by atoms with E-state index in [9.17, 15) is 5.11 Å². The molecule has 2 heterocycles. The Labute approximate surface area is 265 Å². The number of aromatic hydroxyl groups is 1. The van der Waals surface area contributed by atoms with Crippen molar-refractivity contribution < 1.29 is 14.6 Å². The van der Waals surface area contributed by atoms with Gasteiger partial charge in [0.1, 0.15) is 28.2 Å². The Morgan fingerprint density at radius 3 is 2.27 bits per heavy atom. The number of rotatable bonds is 6. The molecule has 0 fully saturated rings. The lowest BCUT2D eigenvalue weighted by molar-refractivity contribution is -0.0412. The summed E-state index contributed by atoms with van der Waals surface area (Å²) in [6, 6.07) is 28.8. The third-order valence-corrected chi connectivity index (χ3v) is 9.89. The molecule has 2 atom stereocenters. The molecule has 1 aliphatic heterocycles. The van der Waals surface area contributed by atoms with Crippen LogP contribution < -0.4 is 4.74 Å². The molecule has 0 bridgehead atoms. The fraction of sp³-hybridized carbons (Fsp3) is 0.300. The molecule has 0 unspecified atom stereocenters. The lowest BCUT2D eigenvalue weighted by Gasteiger charge is -2.43. The monoisotopic (exact) mass is 596 g/mol. The Morgan fingerprint density at radius 1 is 0.800 bits per heavy atom. The standard InChI is InChI=1S/C40H40N2O3/c1-23(2)39-22-29-13-8-9-14-33(29)40(39,24(3)4)42-38(45-39)31-19-30(36-26(6)11-10-12-27(36)7)20-32(21-31)44-35-16-15-28-17-25(5)18-34(43)37(28)41-35/h8-21,23-24,43H,22H2,1-7H3/t39-,40-/m0/s1. The average Bonchev–Trinajstić information content (AvgIpc) is 3.49. The first-order valence-electron chi connectivity index (χ1n) is 15.9. The van der Waals surface area contributed by atoms with Crippen LogP contribution in [0.1, 0.15) is 61.1 Å². The fourth-order valence-electron chi connectivity index (χ4n) is 7.85. The van der Waals surface area contributed by atoms with Gasteiger partial charge in [-0.3, -0.25) is 0 Å². The first kappa shape index (κ1) is 29.1. The van der Waals surface area contributed by atoms with Crippen LogP contribution in [0.2, 0.25) is 0 Å². The van der Waals surface area contributed by atoms with Crippen LogP contribution in [0.15, 0.2) is 89.9 Å². The van der Waals surface area contributed by atoms with Gasteiger partial charge in [0.05, 0.1) is 0 Å². The summed E-state index contributed by atoms with van der Waals surface area (Å²) in [7, 11) is 0. The number of benzene rings is 4. The molecule has 7 rings (SSSR count). The molecule has 228 valence electrons. The van der Waals surface area contributed by atoms with Crippen molar-refractivity contribution in [2.45, 2.75) is 66.0 Å². The van der Waals surface area contributed by atoms with Crippen molar-refractivity contribution in [1.29, 1.82) is 0 Å². The zero-order valence-corrected chi connectivity index (χ0v) is 27.1. The second-order valence-electron chi connectivity index (χ2n) is 13.4. The molecular formula is C40H40N2O3. The largest absolute Gasteiger partial charge is 0.506 e. The van der Waals surface area contributed by atoms with Crippen molar-refractivity contribution in [3.05, 3.63) is 118 Å². The number of aliphatic imine (C=N–C) groups is 1. The van der Waals surface area contributed by atoms with Gasteiger partial charge in [0.2, 0.25) is 11.8 Å². The molecule has 0 saturated heterocycles. The molecule has 5 heteroatoms. The average molecular weight is 597 g/mol. The van der Waals surface area contributed by atoms with Crippen molar-refractivity contribution in [2.24, 2.45) is 16.8 Å². The van der Waals surface area contributed by atoms with Crippen LogP contribution >= 0.6 is 0 Å². The predicted molar refractivity (Wildman–Crippen MR) is 181 cm³/mol. The number of phenols is 1. The van der Waals surface area contributed by atoms with Crippen molar-refractivity contribution in [2.75, 3.05) is 0 Å². The third kappa shape index (κ3) is 4.43. The molecule has 2 aliphatic rings. The van der Waals surface area contributed by atoms with Crippen LogP contribution in [0.25, 0.3) is 22.0 Å². The summed E-state index contributed by atoms with van der Waals surface area (Å²) in [5.74, 6) is 2.26. The number of ether oxygens (including phenoxy) is 2. The summed E-state index contributed by atoms with van der Waals surface area (Å²) in [6.07, 6.45) is 0.815. The normalized spacial score (nSPS) is 20.3. The molecule has 0 saturated carbocycles. The van der Waals surface area contributed by atoms with E-state index in [2.05, 4.69) is 101 Å². The molecule has 5 nitrogen and oxygen atoms in total. The van der Waals surface area contributed by atoms with Gasteiger partial charge in [0.15, 0.2) is 0 Å². The van der Waals surface area contributed by atoms with Gasteiger partial charge in [-0.15, -0.1) is 0 Å². The van der Waals surface area contributed by atoms with Crippen LogP contribution in [-0.4, -0.2) is 21.6 Å². The van der Waals surface area contributed by atoms with Gasteiger partial charge in [-0.25, -0.2) is 9.98 Å². The van der Waals surface area contributed by atoms with E-state index in [1.807, 2.05) is 31.2 Å². The summed E-state index contributed by atoms with van der Waals surface area (Å²) in [5.41, 5.74) is 8.49. The van der Waals surface area contributed by atoms with E-state index in [-0.39, 0.29) is 17.6 Å². The zero-order chi connectivity index (χ0) is 31.7.